The quantitative estimate of drug-likeness (QED) is 0.852. The third-order valence-electron chi connectivity index (χ3n) is 3.97. The summed E-state index contributed by atoms with van der Waals surface area (Å²) >= 11 is 0. The zero-order valence-corrected chi connectivity index (χ0v) is 11.9. The molecule has 2 heterocycles. The van der Waals surface area contributed by atoms with Gasteiger partial charge in [-0.15, -0.1) is 0 Å². The molecule has 0 radical (unpaired) electrons. The molecule has 112 valence electrons. The summed E-state index contributed by atoms with van der Waals surface area (Å²) in [7, 11) is 0. The Bertz CT molecular complexity index is 587. The second-order valence-corrected chi connectivity index (χ2v) is 5.46. The lowest BCUT2D eigenvalue weighted by Crippen LogP contribution is -2.50. The first-order valence-corrected chi connectivity index (χ1v) is 7.10. The summed E-state index contributed by atoms with van der Waals surface area (Å²) in [4.78, 5) is 27.2. The van der Waals surface area contributed by atoms with Crippen molar-refractivity contribution in [2.24, 2.45) is 0 Å². The van der Waals surface area contributed by atoms with E-state index in [0.717, 1.165) is 17.7 Å². The Morgan fingerprint density at radius 2 is 2.14 bits per heavy atom. The number of aromatic carboxylic acids is 1. The molecule has 2 aliphatic heterocycles. The molecule has 3 rings (SSSR count). The van der Waals surface area contributed by atoms with E-state index >= 15 is 0 Å². The number of amides is 2. The van der Waals surface area contributed by atoms with Gasteiger partial charge in [-0.1, -0.05) is 6.07 Å². The summed E-state index contributed by atoms with van der Waals surface area (Å²) in [6.45, 7) is 4.24. The average molecular weight is 290 g/mol. The van der Waals surface area contributed by atoms with Gasteiger partial charge in [0, 0.05) is 25.3 Å². The number of benzene rings is 1. The predicted octanol–water partition coefficient (Wildman–Crippen LogP) is 1.59. The summed E-state index contributed by atoms with van der Waals surface area (Å²) in [6, 6.07) is 4.92. The van der Waals surface area contributed by atoms with Gasteiger partial charge in [0.2, 0.25) is 0 Å². The zero-order valence-electron chi connectivity index (χ0n) is 11.9. The second kappa shape index (κ2) is 5.37. The Morgan fingerprint density at radius 1 is 1.33 bits per heavy atom. The number of carbonyl (C=O) groups is 2. The maximum atomic E-state index is 12.6. The van der Waals surface area contributed by atoms with E-state index in [0.29, 0.717) is 26.2 Å². The molecular formula is C15H18N2O4. The van der Waals surface area contributed by atoms with Gasteiger partial charge in [-0.2, -0.15) is 0 Å². The van der Waals surface area contributed by atoms with E-state index in [1.54, 1.807) is 28.0 Å². The normalized spacial score (nSPS) is 21.3. The summed E-state index contributed by atoms with van der Waals surface area (Å²) in [5.41, 5.74) is 1.96. The molecule has 0 saturated carbocycles. The van der Waals surface area contributed by atoms with E-state index in [4.69, 9.17) is 9.84 Å². The zero-order chi connectivity index (χ0) is 15.0. The number of carbonyl (C=O) groups excluding carboxylic acids is 1. The highest BCUT2D eigenvalue weighted by atomic mass is 16.5. The number of hydrogen-bond donors (Lipinski definition) is 1. The molecule has 0 aliphatic carbocycles. The van der Waals surface area contributed by atoms with Gasteiger partial charge in [0.05, 0.1) is 18.3 Å². The van der Waals surface area contributed by atoms with Crippen LogP contribution in [0, 0.1) is 0 Å². The molecule has 6 nitrogen and oxygen atoms in total. The van der Waals surface area contributed by atoms with E-state index in [-0.39, 0.29) is 17.7 Å². The molecule has 1 N–H and O–H groups in total. The fourth-order valence-corrected chi connectivity index (χ4v) is 2.87. The van der Waals surface area contributed by atoms with Crippen molar-refractivity contribution in [3.63, 3.8) is 0 Å². The minimum Gasteiger partial charge on any atom is -0.478 e. The van der Waals surface area contributed by atoms with E-state index in [1.165, 1.54) is 0 Å². The van der Waals surface area contributed by atoms with Gasteiger partial charge in [-0.25, -0.2) is 9.59 Å². The van der Waals surface area contributed by atoms with E-state index < -0.39 is 5.97 Å². The minimum absolute atomic E-state index is 0.0372. The molecule has 1 aromatic rings. The second-order valence-electron chi connectivity index (χ2n) is 5.46. The number of hydrogen-bond acceptors (Lipinski definition) is 3. The van der Waals surface area contributed by atoms with Crippen molar-refractivity contribution in [1.29, 1.82) is 0 Å². The topological polar surface area (TPSA) is 70.1 Å². The first kappa shape index (κ1) is 13.9. The Labute approximate surface area is 122 Å². The van der Waals surface area contributed by atoms with Crippen molar-refractivity contribution < 1.29 is 19.4 Å². The number of rotatable bonds is 1. The van der Waals surface area contributed by atoms with Crippen molar-refractivity contribution >= 4 is 17.7 Å². The maximum absolute atomic E-state index is 12.6. The molecule has 1 unspecified atom stereocenters. The van der Waals surface area contributed by atoms with Gasteiger partial charge in [-0.05, 0) is 31.0 Å². The lowest BCUT2D eigenvalue weighted by Gasteiger charge is -2.34. The summed E-state index contributed by atoms with van der Waals surface area (Å²) in [6.07, 6.45) is 0.802. The molecule has 1 aromatic carbocycles. The standard InChI is InChI=1S/C15H18N2O4/c1-10-9-16(6-7-21-10)15(20)17-5-4-11-2-3-12(14(18)19)8-13(11)17/h2-3,8,10H,4-7,9H2,1H3,(H,18,19). The number of urea groups is 1. The van der Waals surface area contributed by atoms with Crippen LogP contribution in [0.1, 0.15) is 22.8 Å². The SMILES string of the molecule is CC1CN(C(=O)N2CCc3ccc(C(=O)O)cc32)CCO1. The average Bonchev–Trinajstić information content (AvgIpc) is 2.89. The maximum Gasteiger partial charge on any atom is 0.335 e. The molecule has 2 aliphatic rings. The molecule has 1 atom stereocenters. The molecule has 0 spiro atoms. The van der Waals surface area contributed by atoms with Crippen molar-refractivity contribution in [3.8, 4) is 0 Å². The van der Waals surface area contributed by atoms with Crippen LogP contribution in [0.4, 0.5) is 10.5 Å². The number of carboxylic acid groups (broad SMARTS) is 1. The largest absolute Gasteiger partial charge is 0.478 e. The highest BCUT2D eigenvalue weighted by molar-refractivity contribution is 5.97. The first-order chi connectivity index (χ1) is 10.1. The van der Waals surface area contributed by atoms with Gasteiger partial charge < -0.3 is 14.7 Å². The Kier molecular flexibility index (Phi) is 3.55. The number of nitrogens with zero attached hydrogens (tertiary/aromatic N) is 2. The van der Waals surface area contributed by atoms with Crippen LogP contribution in [-0.2, 0) is 11.2 Å². The van der Waals surface area contributed by atoms with Crippen LogP contribution in [0.15, 0.2) is 18.2 Å². The molecule has 6 heteroatoms. The van der Waals surface area contributed by atoms with Crippen LogP contribution in [0.5, 0.6) is 0 Å². The van der Waals surface area contributed by atoms with Gasteiger partial charge in [0.25, 0.3) is 0 Å². The highest BCUT2D eigenvalue weighted by Gasteiger charge is 2.31. The van der Waals surface area contributed by atoms with Crippen LogP contribution in [-0.4, -0.2) is 54.4 Å². The van der Waals surface area contributed by atoms with Gasteiger partial charge >= 0.3 is 12.0 Å². The number of morpholine rings is 1. The van der Waals surface area contributed by atoms with Crippen molar-refractivity contribution in [2.45, 2.75) is 19.4 Å². The van der Waals surface area contributed by atoms with Crippen LogP contribution < -0.4 is 4.90 Å². The fraction of sp³-hybridized carbons (Fsp3) is 0.467. The van der Waals surface area contributed by atoms with Crippen molar-refractivity contribution in [1.82, 2.24) is 4.90 Å². The predicted molar refractivity (Wildman–Crippen MR) is 76.8 cm³/mol. The summed E-state index contributed by atoms with van der Waals surface area (Å²) in [5.74, 6) is -0.975. The Hall–Kier alpha value is -2.08. The molecule has 0 bridgehead atoms. The van der Waals surface area contributed by atoms with Crippen LogP contribution in [0.2, 0.25) is 0 Å². The molecule has 21 heavy (non-hydrogen) atoms. The molecule has 1 saturated heterocycles. The molecule has 2 amide bonds. The van der Waals surface area contributed by atoms with Crippen LogP contribution >= 0.6 is 0 Å². The third kappa shape index (κ3) is 2.58. The van der Waals surface area contributed by atoms with Crippen LogP contribution in [0.25, 0.3) is 0 Å². The molecule has 0 aromatic heterocycles. The minimum atomic E-state index is -0.975. The third-order valence-corrected chi connectivity index (χ3v) is 3.97. The van der Waals surface area contributed by atoms with Crippen molar-refractivity contribution in [3.05, 3.63) is 29.3 Å². The van der Waals surface area contributed by atoms with E-state index in [1.807, 2.05) is 6.92 Å². The smallest absolute Gasteiger partial charge is 0.335 e. The molecular weight excluding hydrogens is 272 g/mol. The summed E-state index contributed by atoms with van der Waals surface area (Å²) < 4.78 is 5.45. The van der Waals surface area contributed by atoms with E-state index in [2.05, 4.69) is 0 Å². The number of anilines is 1. The van der Waals surface area contributed by atoms with Crippen molar-refractivity contribution in [2.75, 3.05) is 31.1 Å². The van der Waals surface area contributed by atoms with Gasteiger partial charge in [-0.3, -0.25) is 4.90 Å². The van der Waals surface area contributed by atoms with E-state index in [9.17, 15) is 9.59 Å². The number of fused-ring (bicyclic) bond motifs is 1. The number of carboxylic acids is 1. The summed E-state index contributed by atoms with van der Waals surface area (Å²) in [5, 5.41) is 9.09. The monoisotopic (exact) mass is 290 g/mol. The fourth-order valence-electron chi connectivity index (χ4n) is 2.87. The van der Waals surface area contributed by atoms with Gasteiger partial charge in [0.15, 0.2) is 0 Å². The first-order valence-electron chi connectivity index (χ1n) is 7.10. The molecule has 1 fully saturated rings. The Balaban J connectivity index is 1.84. The number of ether oxygens (including phenoxy) is 1. The Morgan fingerprint density at radius 3 is 2.86 bits per heavy atom. The lowest BCUT2D eigenvalue weighted by atomic mass is 10.1. The van der Waals surface area contributed by atoms with Gasteiger partial charge in [0.1, 0.15) is 0 Å². The highest BCUT2D eigenvalue weighted by Crippen LogP contribution is 2.30. The lowest BCUT2D eigenvalue weighted by molar-refractivity contribution is -0.00233. The van der Waals surface area contributed by atoms with Crippen LogP contribution in [0.3, 0.4) is 0 Å².